The number of aromatic nitrogens is 3. The Kier molecular flexibility index (Phi) is 6.45. The summed E-state index contributed by atoms with van der Waals surface area (Å²) in [6.07, 6.45) is 1.53. The number of ether oxygens (including phenoxy) is 1. The van der Waals surface area contributed by atoms with Gasteiger partial charge in [-0.25, -0.2) is 15.0 Å². The van der Waals surface area contributed by atoms with Gasteiger partial charge in [-0.2, -0.15) is 0 Å². The largest absolute Gasteiger partial charge is 0.481 e. The van der Waals surface area contributed by atoms with Crippen molar-refractivity contribution >= 4 is 34.6 Å². The van der Waals surface area contributed by atoms with Crippen molar-refractivity contribution in [1.82, 2.24) is 15.0 Å². The van der Waals surface area contributed by atoms with Crippen molar-refractivity contribution in [3.8, 4) is 5.88 Å². The normalized spacial score (nSPS) is 10.4. The van der Waals surface area contributed by atoms with E-state index in [0.717, 1.165) is 11.4 Å². The fraction of sp³-hybridized carbons (Fsp3) is 0.120. The number of anilines is 5. The average molecular weight is 441 g/mol. The second kappa shape index (κ2) is 9.78. The standard InChI is InChI=1S/C25H24N6O2/c1-16-4-6-19(7-5-16)29-22-15-23(28-17(2)27-22)30-20-8-10-21(11-9-20)31-25(32)18-12-13-26-24(14-18)33-3/h4-15H,1-3H3,(H,31,32)(H2,27,28,29,30). The molecule has 0 saturated carbocycles. The molecule has 4 aromatic rings. The van der Waals surface area contributed by atoms with Crippen LogP contribution in [0.25, 0.3) is 0 Å². The summed E-state index contributed by atoms with van der Waals surface area (Å²) in [6, 6.07) is 20.5. The number of aryl methyl sites for hydroxylation is 2. The Labute approximate surface area is 192 Å². The molecule has 166 valence electrons. The number of methoxy groups -OCH3 is 1. The van der Waals surface area contributed by atoms with Crippen LogP contribution in [0.2, 0.25) is 0 Å². The van der Waals surface area contributed by atoms with E-state index in [9.17, 15) is 4.79 Å². The van der Waals surface area contributed by atoms with Crippen molar-refractivity contribution in [2.24, 2.45) is 0 Å². The van der Waals surface area contributed by atoms with E-state index in [1.807, 2.05) is 68.4 Å². The first-order valence-electron chi connectivity index (χ1n) is 10.4. The van der Waals surface area contributed by atoms with Crippen LogP contribution >= 0.6 is 0 Å². The van der Waals surface area contributed by atoms with Gasteiger partial charge in [-0.15, -0.1) is 0 Å². The average Bonchev–Trinajstić information content (AvgIpc) is 2.81. The summed E-state index contributed by atoms with van der Waals surface area (Å²) in [5.41, 5.74) is 4.12. The number of hydrogen-bond acceptors (Lipinski definition) is 7. The van der Waals surface area contributed by atoms with E-state index in [0.29, 0.717) is 34.6 Å². The van der Waals surface area contributed by atoms with E-state index >= 15 is 0 Å². The molecule has 2 heterocycles. The number of nitrogens with zero attached hydrogens (tertiary/aromatic N) is 3. The Morgan fingerprint density at radius 3 is 1.97 bits per heavy atom. The zero-order valence-electron chi connectivity index (χ0n) is 18.6. The van der Waals surface area contributed by atoms with Gasteiger partial charge in [-0.3, -0.25) is 4.79 Å². The van der Waals surface area contributed by atoms with Crippen LogP contribution in [0.1, 0.15) is 21.7 Å². The Bertz CT molecular complexity index is 1260. The predicted molar refractivity (Wildman–Crippen MR) is 130 cm³/mol. The van der Waals surface area contributed by atoms with Crippen molar-refractivity contribution in [2.75, 3.05) is 23.1 Å². The van der Waals surface area contributed by atoms with Crippen molar-refractivity contribution in [3.05, 3.63) is 89.9 Å². The summed E-state index contributed by atoms with van der Waals surface area (Å²) < 4.78 is 5.07. The van der Waals surface area contributed by atoms with E-state index in [1.165, 1.54) is 18.9 Å². The van der Waals surface area contributed by atoms with Crippen LogP contribution in [-0.4, -0.2) is 28.0 Å². The fourth-order valence-electron chi connectivity index (χ4n) is 3.13. The van der Waals surface area contributed by atoms with Gasteiger partial charge in [-0.1, -0.05) is 17.7 Å². The minimum atomic E-state index is -0.241. The first-order valence-corrected chi connectivity index (χ1v) is 10.4. The summed E-state index contributed by atoms with van der Waals surface area (Å²) in [6.45, 7) is 3.89. The van der Waals surface area contributed by atoms with Crippen LogP contribution in [-0.2, 0) is 0 Å². The van der Waals surface area contributed by atoms with E-state index in [1.54, 1.807) is 12.1 Å². The molecule has 0 saturated heterocycles. The Hall–Kier alpha value is -4.46. The molecule has 0 aliphatic heterocycles. The molecule has 2 aromatic carbocycles. The molecule has 0 atom stereocenters. The lowest BCUT2D eigenvalue weighted by atomic mass is 10.2. The van der Waals surface area contributed by atoms with Gasteiger partial charge < -0.3 is 20.7 Å². The number of nitrogens with one attached hydrogen (secondary N) is 3. The van der Waals surface area contributed by atoms with Crippen LogP contribution in [0.3, 0.4) is 0 Å². The predicted octanol–water partition coefficient (Wildman–Crippen LogP) is 5.24. The number of carbonyl (C=O) groups excluding carboxylic acids is 1. The van der Waals surface area contributed by atoms with Gasteiger partial charge in [0.25, 0.3) is 5.91 Å². The number of benzene rings is 2. The molecular weight excluding hydrogens is 416 g/mol. The minimum absolute atomic E-state index is 0.241. The molecule has 0 aliphatic carbocycles. The number of rotatable bonds is 7. The molecule has 0 bridgehead atoms. The third-order valence-electron chi connectivity index (χ3n) is 4.78. The molecule has 2 aromatic heterocycles. The van der Waals surface area contributed by atoms with E-state index in [2.05, 4.69) is 30.9 Å². The maximum Gasteiger partial charge on any atom is 0.255 e. The molecule has 4 rings (SSSR count). The SMILES string of the molecule is COc1cc(C(=O)Nc2ccc(Nc3cc(Nc4ccc(C)cc4)nc(C)n3)cc2)ccn1. The van der Waals surface area contributed by atoms with Crippen LogP contribution < -0.4 is 20.7 Å². The lowest BCUT2D eigenvalue weighted by Gasteiger charge is -2.11. The molecule has 8 nitrogen and oxygen atoms in total. The number of pyridine rings is 1. The smallest absolute Gasteiger partial charge is 0.255 e. The minimum Gasteiger partial charge on any atom is -0.481 e. The van der Waals surface area contributed by atoms with Gasteiger partial charge in [0.05, 0.1) is 7.11 Å². The summed E-state index contributed by atoms with van der Waals surface area (Å²) in [7, 11) is 1.51. The van der Waals surface area contributed by atoms with Gasteiger partial charge >= 0.3 is 0 Å². The van der Waals surface area contributed by atoms with Crippen molar-refractivity contribution < 1.29 is 9.53 Å². The Morgan fingerprint density at radius 2 is 1.36 bits per heavy atom. The quantitative estimate of drug-likeness (QED) is 0.361. The topological polar surface area (TPSA) is 101 Å². The number of amides is 1. The third-order valence-corrected chi connectivity index (χ3v) is 4.78. The molecular formula is C25H24N6O2. The van der Waals surface area contributed by atoms with Crippen molar-refractivity contribution in [2.45, 2.75) is 13.8 Å². The highest BCUT2D eigenvalue weighted by Gasteiger charge is 2.08. The van der Waals surface area contributed by atoms with Crippen molar-refractivity contribution in [1.29, 1.82) is 0 Å². The molecule has 8 heteroatoms. The lowest BCUT2D eigenvalue weighted by molar-refractivity contribution is 0.102. The molecule has 1 amide bonds. The van der Waals surface area contributed by atoms with Crippen LogP contribution in [0.5, 0.6) is 5.88 Å². The first kappa shape index (κ1) is 21.8. The number of hydrogen-bond donors (Lipinski definition) is 3. The zero-order valence-corrected chi connectivity index (χ0v) is 18.6. The summed E-state index contributed by atoms with van der Waals surface area (Å²) in [5, 5.41) is 9.44. The van der Waals surface area contributed by atoms with E-state index < -0.39 is 0 Å². The molecule has 0 spiro atoms. The molecule has 33 heavy (non-hydrogen) atoms. The van der Waals surface area contributed by atoms with Gasteiger partial charge in [0.15, 0.2) is 0 Å². The van der Waals surface area contributed by atoms with Gasteiger partial charge in [0.1, 0.15) is 17.5 Å². The molecule has 0 fully saturated rings. The monoisotopic (exact) mass is 440 g/mol. The van der Waals surface area contributed by atoms with Gasteiger partial charge in [0.2, 0.25) is 5.88 Å². The van der Waals surface area contributed by atoms with E-state index in [4.69, 9.17) is 4.74 Å². The third kappa shape index (κ3) is 5.82. The van der Waals surface area contributed by atoms with Crippen molar-refractivity contribution in [3.63, 3.8) is 0 Å². The van der Waals surface area contributed by atoms with Crippen LogP contribution in [0, 0.1) is 13.8 Å². The lowest BCUT2D eigenvalue weighted by Crippen LogP contribution is -2.12. The van der Waals surface area contributed by atoms with Gasteiger partial charge in [0, 0.05) is 41.0 Å². The molecule has 0 radical (unpaired) electrons. The van der Waals surface area contributed by atoms with E-state index in [-0.39, 0.29) is 5.91 Å². The highest BCUT2D eigenvalue weighted by molar-refractivity contribution is 6.04. The van der Waals surface area contributed by atoms with Crippen LogP contribution in [0.4, 0.5) is 28.7 Å². The Balaban J connectivity index is 1.42. The van der Waals surface area contributed by atoms with Crippen LogP contribution in [0.15, 0.2) is 72.9 Å². The second-order valence-corrected chi connectivity index (χ2v) is 7.42. The highest BCUT2D eigenvalue weighted by Crippen LogP contribution is 2.22. The maximum atomic E-state index is 12.5. The molecule has 0 unspecified atom stereocenters. The molecule has 0 aliphatic rings. The Morgan fingerprint density at radius 1 is 0.788 bits per heavy atom. The second-order valence-electron chi connectivity index (χ2n) is 7.42. The molecule has 3 N–H and O–H groups in total. The summed E-state index contributed by atoms with van der Waals surface area (Å²) in [5.74, 6) is 2.16. The fourth-order valence-corrected chi connectivity index (χ4v) is 3.13. The zero-order chi connectivity index (χ0) is 23.2. The highest BCUT2D eigenvalue weighted by atomic mass is 16.5. The maximum absolute atomic E-state index is 12.5. The summed E-state index contributed by atoms with van der Waals surface area (Å²) in [4.78, 5) is 25.4. The first-order chi connectivity index (χ1) is 16.0. The number of carbonyl (C=O) groups is 1. The summed E-state index contributed by atoms with van der Waals surface area (Å²) >= 11 is 0. The van der Waals surface area contributed by atoms with Gasteiger partial charge in [-0.05, 0) is 56.3 Å².